The van der Waals surface area contributed by atoms with Crippen LogP contribution in [0, 0.1) is 0 Å². The molecule has 1 aromatic rings. The second-order valence-electron chi connectivity index (χ2n) is 5.15. The maximum atomic E-state index is 2.30. The summed E-state index contributed by atoms with van der Waals surface area (Å²) < 4.78 is 0. The van der Waals surface area contributed by atoms with Crippen LogP contribution in [-0.2, 0) is 5.41 Å². The van der Waals surface area contributed by atoms with E-state index in [1.807, 2.05) is 0 Å². The van der Waals surface area contributed by atoms with E-state index >= 15 is 0 Å². The van der Waals surface area contributed by atoms with Crippen molar-refractivity contribution in [3.05, 3.63) is 59.2 Å². The third kappa shape index (κ3) is 1.30. The van der Waals surface area contributed by atoms with Gasteiger partial charge in [0, 0.05) is 5.41 Å². The van der Waals surface area contributed by atoms with E-state index in [2.05, 4.69) is 62.4 Å². The van der Waals surface area contributed by atoms with Gasteiger partial charge in [0.15, 0.2) is 0 Å². The van der Waals surface area contributed by atoms with Gasteiger partial charge < -0.3 is 0 Å². The van der Waals surface area contributed by atoms with Crippen molar-refractivity contribution < 1.29 is 0 Å². The normalized spacial score (nSPS) is 20.0. The molecule has 0 atom stereocenters. The number of allylic oxidation sites excluding steroid dienone is 5. The molecule has 0 unspecified atom stereocenters. The molecule has 16 heavy (non-hydrogen) atoms. The van der Waals surface area contributed by atoms with E-state index in [1.165, 1.54) is 22.3 Å². The summed E-state index contributed by atoms with van der Waals surface area (Å²) in [5.41, 5.74) is 5.87. The van der Waals surface area contributed by atoms with Crippen molar-refractivity contribution >= 4 is 11.6 Å². The first-order chi connectivity index (χ1) is 7.68. The third-order valence-corrected chi connectivity index (χ3v) is 3.56. The maximum Gasteiger partial charge on any atom is 0.00846 e. The lowest BCUT2D eigenvalue weighted by atomic mass is 9.78. The first-order valence-corrected chi connectivity index (χ1v) is 5.87. The lowest BCUT2D eigenvalue weighted by Gasteiger charge is -2.26. The minimum Gasteiger partial charge on any atom is -0.0795 e. The molecule has 80 valence electrons. The molecule has 0 heterocycles. The van der Waals surface area contributed by atoms with Gasteiger partial charge in [0.1, 0.15) is 0 Å². The lowest BCUT2D eigenvalue weighted by molar-refractivity contribution is 0.668. The Labute approximate surface area is 97.0 Å². The summed E-state index contributed by atoms with van der Waals surface area (Å²) in [5.74, 6) is 0. The lowest BCUT2D eigenvalue weighted by Crippen LogP contribution is -2.16. The molecule has 0 radical (unpaired) electrons. The molecule has 0 saturated heterocycles. The Hall–Kier alpha value is -1.56. The molecule has 0 bridgehead atoms. The Morgan fingerprint density at radius 2 is 2.06 bits per heavy atom. The Kier molecular flexibility index (Phi) is 1.94. The predicted molar refractivity (Wildman–Crippen MR) is 70.2 cm³/mol. The molecule has 0 aromatic heterocycles. The van der Waals surface area contributed by atoms with Crippen molar-refractivity contribution in [3.8, 4) is 0 Å². The molecule has 0 aliphatic heterocycles. The average Bonchev–Trinajstić information content (AvgIpc) is 2.39. The highest BCUT2D eigenvalue weighted by molar-refractivity contribution is 5.83. The summed E-state index contributed by atoms with van der Waals surface area (Å²) >= 11 is 0. The number of rotatable bonds is 0. The molecule has 0 saturated carbocycles. The van der Waals surface area contributed by atoms with Crippen LogP contribution in [0.25, 0.3) is 11.6 Å². The smallest absolute Gasteiger partial charge is 0.00846 e. The number of hydrogen-bond donors (Lipinski definition) is 0. The monoisotopic (exact) mass is 208 g/mol. The number of hydrogen-bond acceptors (Lipinski definition) is 0. The Morgan fingerprint density at radius 1 is 1.19 bits per heavy atom. The van der Waals surface area contributed by atoms with E-state index in [-0.39, 0.29) is 5.41 Å². The fourth-order valence-corrected chi connectivity index (χ4v) is 2.67. The molecule has 0 nitrogen and oxygen atoms in total. The van der Waals surface area contributed by atoms with Crippen LogP contribution >= 0.6 is 0 Å². The quantitative estimate of drug-likeness (QED) is 0.595. The fourth-order valence-electron chi connectivity index (χ4n) is 2.67. The second kappa shape index (κ2) is 3.21. The van der Waals surface area contributed by atoms with Gasteiger partial charge in [0.2, 0.25) is 0 Å². The van der Waals surface area contributed by atoms with Gasteiger partial charge in [-0.1, -0.05) is 62.4 Å². The van der Waals surface area contributed by atoms with Crippen LogP contribution in [0.1, 0.15) is 37.0 Å². The van der Waals surface area contributed by atoms with E-state index in [0.717, 1.165) is 6.42 Å². The molecular weight excluding hydrogens is 192 g/mol. The number of benzene rings is 1. The van der Waals surface area contributed by atoms with Crippen LogP contribution in [0.3, 0.4) is 0 Å². The molecule has 1 aromatic carbocycles. The van der Waals surface area contributed by atoms with Crippen LogP contribution in [0.4, 0.5) is 0 Å². The molecule has 0 spiro atoms. The van der Waals surface area contributed by atoms with Crippen molar-refractivity contribution in [1.29, 1.82) is 0 Å². The van der Waals surface area contributed by atoms with Gasteiger partial charge in [-0.3, -0.25) is 0 Å². The van der Waals surface area contributed by atoms with Gasteiger partial charge in [-0.25, -0.2) is 0 Å². The van der Waals surface area contributed by atoms with Gasteiger partial charge in [-0.05, 0) is 28.7 Å². The van der Waals surface area contributed by atoms with E-state index in [1.54, 1.807) is 0 Å². The zero-order valence-electron chi connectivity index (χ0n) is 9.83. The summed E-state index contributed by atoms with van der Waals surface area (Å²) in [6, 6.07) is 6.65. The van der Waals surface area contributed by atoms with Crippen molar-refractivity contribution in [2.45, 2.75) is 25.7 Å². The summed E-state index contributed by atoms with van der Waals surface area (Å²) in [6.45, 7) is 4.57. The zero-order valence-corrected chi connectivity index (χ0v) is 9.83. The molecule has 0 fully saturated rings. The van der Waals surface area contributed by atoms with Crippen LogP contribution in [0.15, 0.2) is 42.5 Å². The largest absolute Gasteiger partial charge is 0.0795 e. The van der Waals surface area contributed by atoms with Crippen molar-refractivity contribution in [1.82, 2.24) is 0 Å². The Morgan fingerprint density at radius 3 is 2.94 bits per heavy atom. The highest BCUT2D eigenvalue weighted by atomic mass is 14.3. The van der Waals surface area contributed by atoms with Crippen LogP contribution in [0.2, 0.25) is 0 Å². The highest BCUT2D eigenvalue weighted by Crippen LogP contribution is 2.39. The van der Waals surface area contributed by atoms with Gasteiger partial charge in [0.05, 0.1) is 0 Å². The van der Waals surface area contributed by atoms with E-state index in [4.69, 9.17) is 0 Å². The molecule has 0 N–H and O–H groups in total. The van der Waals surface area contributed by atoms with E-state index < -0.39 is 0 Å². The summed E-state index contributed by atoms with van der Waals surface area (Å²) in [6.07, 6.45) is 12.3. The van der Waals surface area contributed by atoms with Gasteiger partial charge in [-0.15, -0.1) is 0 Å². The van der Waals surface area contributed by atoms with E-state index in [9.17, 15) is 0 Å². The molecular formula is C16H16. The van der Waals surface area contributed by atoms with Crippen LogP contribution in [0.5, 0.6) is 0 Å². The Balaban J connectivity index is 2.37. The first kappa shape index (κ1) is 9.65. The van der Waals surface area contributed by atoms with Crippen molar-refractivity contribution in [2.24, 2.45) is 0 Å². The molecule has 3 rings (SSSR count). The average molecular weight is 208 g/mol. The molecule has 0 amide bonds. The first-order valence-electron chi connectivity index (χ1n) is 5.87. The van der Waals surface area contributed by atoms with Crippen LogP contribution in [-0.4, -0.2) is 0 Å². The standard InChI is InChI=1S/C16H16/c1-16(2)11-5-9-13-7-3-6-12-8-4-10-14(16)15(12)13/h3-6,8-11H,7H2,1-2H3. The molecule has 2 aliphatic carbocycles. The van der Waals surface area contributed by atoms with Gasteiger partial charge >= 0.3 is 0 Å². The molecule has 2 aliphatic rings. The van der Waals surface area contributed by atoms with Crippen LogP contribution < -0.4 is 0 Å². The zero-order chi connectivity index (χ0) is 11.2. The third-order valence-electron chi connectivity index (χ3n) is 3.56. The van der Waals surface area contributed by atoms with Gasteiger partial charge in [0.25, 0.3) is 0 Å². The van der Waals surface area contributed by atoms with E-state index in [0.29, 0.717) is 0 Å². The summed E-state index contributed by atoms with van der Waals surface area (Å²) in [4.78, 5) is 0. The second-order valence-corrected chi connectivity index (χ2v) is 5.15. The predicted octanol–water partition coefficient (Wildman–Crippen LogP) is 4.33. The topological polar surface area (TPSA) is 0 Å². The fraction of sp³-hybridized carbons (Fsp3) is 0.250. The van der Waals surface area contributed by atoms with Crippen molar-refractivity contribution in [2.75, 3.05) is 0 Å². The molecule has 0 heteroatoms. The maximum absolute atomic E-state index is 2.30. The Bertz CT molecular complexity index is 525. The van der Waals surface area contributed by atoms with Crippen molar-refractivity contribution in [3.63, 3.8) is 0 Å². The highest BCUT2D eigenvalue weighted by Gasteiger charge is 2.25. The summed E-state index contributed by atoms with van der Waals surface area (Å²) in [5, 5.41) is 0. The SMILES string of the molecule is CC1(C)C=CC=C2CC=Cc3cccc1c32. The minimum absolute atomic E-state index is 0.134. The minimum atomic E-state index is 0.134. The van der Waals surface area contributed by atoms with Gasteiger partial charge in [-0.2, -0.15) is 0 Å². The summed E-state index contributed by atoms with van der Waals surface area (Å²) in [7, 11) is 0.